The van der Waals surface area contributed by atoms with Gasteiger partial charge in [0.15, 0.2) is 5.65 Å². The van der Waals surface area contributed by atoms with E-state index in [1.165, 1.54) is 0 Å². The Hall–Kier alpha value is -1.10. The SMILES string of the molecule is Cc1nc2c(N)c(Br)cc(C)n2n1. The Bertz CT molecular complexity index is 474. The number of rotatable bonds is 0. The number of pyridine rings is 1. The summed E-state index contributed by atoms with van der Waals surface area (Å²) in [7, 11) is 0. The zero-order valence-electron chi connectivity index (χ0n) is 7.37. The van der Waals surface area contributed by atoms with E-state index in [-0.39, 0.29) is 0 Å². The van der Waals surface area contributed by atoms with E-state index in [2.05, 4.69) is 26.0 Å². The summed E-state index contributed by atoms with van der Waals surface area (Å²) in [4.78, 5) is 4.23. The molecule has 5 heteroatoms. The number of halogens is 1. The molecule has 0 aliphatic heterocycles. The number of anilines is 1. The monoisotopic (exact) mass is 240 g/mol. The first-order valence-corrected chi connectivity index (χ1v) is 4.67. The van der Waals surface area contributed by atoms with Gasteiger partial charge in [0.1, 0.15) is 5.82 Å². The van der Waals surface area contributed by atoms with Crippen LogP contribution in [0.5, 0.6) is 0 Å². The normalized spacial score (nSPS) is 11.0. The van der Waals surface area contributed by atoms with Gasteiger partial charge >= 0.3 is 0 Å². The van der Waals surface area contributed by atoms with Crippen LogP contribution in [-0.4, -0.2) is 14.6 Å². The molecule has 4 nitrogen and oxygen atoms in total. The van der Waals surface area contributed by atoms with Crippen molar-refractivity contribution in [1.29, 1.82) is 0 Å². The standard InChI is InChI=1S/C8H9BrN4/c1-4-3-6(9)7(10)8-11-5(2)12-13(4)8/h3H,10H2,1-2H3. The number of nitrogens with zero attached hydrogens (tertiary/aromatic N) is 3. The highest BCUT2D eigenvalue weighted by Crippen LogP contribution is 2.24. The molecule has 0 spiro atoms. The molecule has 0 fully saturated rings. The van der Waals surface area contributed by atoms with Crippen LogP contribution < -0.4 is 5.73 Å². The fourth-order valence-electron chi connectivity index (χ4n) is 1.26. The number of fused-ring (bicyclic) bond motifs is 1. The van der Waals surface area contributed by atoms with Gasteiger partial charge in [-0.05, 0) is 35.8 Å². The van der Waals surface area contributed by atoms with Crippen LogP contribution in [0, 0.1) is 13.8 Å². The molecule has 0 saturated heterocycles. The lowest BCUT2D eigenvalue weighted by atomic mass is 10.3. The van der Waals surface area contributed by atoms with Gasteiger partial charge in [-0.25, -0.2) is 9.50 Å². The van der Waals surface area contributed by atoms with Crippen molar-refractivity contribution < 1.29 is 0 Å². The molecule has 2 aromatic heterocycles. The number of aryl methyl sites for hydroxylation is 2. The van der Waals surface area contributed by atoms with E-state index in [9.17, 15) is 0 Å². The van der Waals surface area contributed by atoms with E-state index in [4.69, 9.17) is 5.73 Å². The summed E-state index contributed by atoms with van der Waals surface area (Å²) in [5.74, 6) is 0.730. The van der Waals surface area contributed by atoms with Gasteiger partial charge < -0.3 is 5.73 Å². The molecular formula is C8H9BrN4. The number of nitrogen functional groups attached to an aromatic ring is 1. The first-order valence-electron chi connectivity index (χ1n) is 3.87. The number of aromatic nitrogens is 3. The largest absolute Gasteiger partial charge is 0.395 e. The maximum Gasteiger partial charge on any atom is 0.179 e. The molecule has 2 N–H and O–H groups in total. The lowest BCUT2D eigenvalue weighted by Gasteiger charge is -2.02. The molecule has 0 aromatic carbocycles. The third-order valence-corrected chi connectivity index (χ3v) is 2.54. The van der Waals surface area contributed by atoms with Crippen LogP contribution in [0.25, 0.3) is 5.65 Å². The second kappa shape index (κ2) is 2.70. The highest BCUT2D eigenvalue weighted by atomic mass is 79.9. The molecule has 13 heavy (non-hydrogen) atoms. The lowest BCUT2D eigenvalue weighted by molar-refractivity contribution is 0.892. The lowest BCUT2D eigenvalue weighted by Crippen LogP contribution is -1.98. The average Bonchev–Trinajstić information content (AvgIpc) is 2.44. The van der Waals surface area contributed by atoms with Crippen LogP contribution in [0.4, 0.5) is 5.69 Å². The van der Waals surface area contributed by atoms with Gasteiger partial charge in [-0.2, -0.15) is 5.10 Å². The van der Waals surface area contributed by atoms with Crippen LogP contribution in [0.1, 0.15) is 11.5 Å². The highest BCUT2D eigenvalue weighted by Gasteiger charge is 2.08. The smallest absolute Gasteiger partial charge is 0.179 e. The molecule has 2 aromatic rings. The molecule has 0 saturated carbocycles. The number of nitrogens with two attached hydrogens (primary N) is 1. The Labute approximate surface area is 83.9 Å². The van der Waals surface area contributed by atoms with E-state index in [1.54, 1.807) is 4.52 Å². The summed E-state index contributed by atoms with van der Waals surface area (Å²) in [6, 6.07) is 1.93. The molecule has 0 bridgehead atoms. The third kappa shape index (κ3) is 1.19. The molecule has 0 amide bonds. The van der Waals surface area contributed by atoms with E-state index >= 15 is 0 Å². The van der Waals surface area contributed by atoms with Crippen molar-refractivity contribution in [2.75, 3.05) is 5.73 Å². The van der Waals surface area contributed by atoms with Crippen LogP contribution in [0.2, 0.25) is 0 Å². The van der Waals surface area contributed by atoms with E-state index in [0.29, 0.717) is 11.3 Å². The average molecular weight is 241 g/mol. The van der Waals surface area contributed by atoms with Crippen molar-refractivity contribution in [3.63, 3.8) is 0 Å². The summed E-state index contributed by atoms with van der Waals surface area (Å²) in [5, 5.41) is 4.22. The molecular weight excluding hydrogens is 232 g/mol. The fourth-order valence-corrected chi connectivity index (χ4v) is 1.77. The molecule has 2 rings (SSSR count). The van der Waals surface area contributed by atoms with Gasteiger partial charge in [0.2, 0.25) is 0 Å². The second-order valence-corrected chi connectivity index (χ2v) is 3.80. The fraction of sp³-hybridized carbons (Fsp3) is 0.250. The highest BCUT2D eigenvalue weighted by molar-refractivity contribution is 9.10. The summed E-state index contributed by atoms with van der Waals surface area (Å²) >= 11 is 3.37. The molecule has 0 atom stereocenters. The molecule has 0 aliphatic carbocycles. The first-order chi connectivity index (χ1) is 6.09. The summed E-state index contributed by atoms with van der Waals surface area (Å²) < 4.78 is 2.61. The maximum atomic E-state index is 5.83. The Morgan fingerprint density at radius 3 is 2.85 bits per heavy atom. The minimum atomic E-state index is 0.631. The van der Waals surface area contributed by atoms with Gasteiger partial charge in [-0.15, -0.1) is 0 Å². The zero-order valence-corrected chi connectivity index (χ0v) is 8.96. The minimum Gasteiger partial charge on any atom is -0.395 e. The Morgan fingerprint density at radius 1 is 1.46 bits per heavy atom. The maximum absolute atomic E-state index is 5.83. The van der Waals surface area contributed by atoms with Crippen LogP contribution in [-0.2, 0) is 0 Å². The van der Waals surface area contributed by atoms with Crippen molar-refractivity contribution in [2.45, 2.75) is 13.8 Å². The van der Waals surface area contributed by atoms with Crippen LogP contribution >= 0.6 is 15.9 Å². The number of hydrogen-bond acceptors (Lipinski definition) is 3. The minimum absolute atomic E-state index is 0.631. The Morgan fingerprint density at radius 2 is 2.15 bits per heavy atom. The molecule has 0 unspecified atom stereocenters. The van der Waals surface area contributed by atoms with E-state index in [1.807, 2.05) is 19.9 Å². The Kier molecular flexibility index (Phi) is 1.76. The zero-order chi connectivity index (χ0) is 9.59. The summed E-state index contributed by atoms with van der Waals surface area (Å²) in [5.41, 5.74) is 8.18. The van der Waals surface area contributed by atoms with Crippen molar-refractivity contribution in [3.05, 3.63) is 22.1 Å². The number of hydrogen-bond donors (Lipinski definition) is 1. The van der Waals surface area contributed by atoms with Crippen molar-refractivity contribution in [3.8, 4) is 0 Å². The van der Waals surface area contributed by atoms with Gasteiger partial charge in [0.25, 0.3) is 0 Å². The third-order valence-electron chi connectivity index (χ3n) is 1.88. The molecule has 2 heterocycles. The van der Waals surface area contributed by atoms with Crippen LogP contribution in [0.15, 0.2) is 10.5 Å². The van der Waals surface area contributed by atoms with Gasteiger partial charge in [0, 0.05) is 10.2 Å². The first kappa shape index (κ1) is 8.50. The van der Waals surface area contributed by atoms with Gasteiger partial charge in [0.05, 0.1) is 5.69 Å². The molecule has 0 radical (unpaired) electrons. The van der Waals surface area contributed by atoms with E-state index < -0.39 is 0 Å². The predicted octanol–water partition coefficient (Wildman–Crippen LogP) is 1.69. The van der Waals surface area contributed by atoms with Crippen molar-refractivity contribution in [1.82, 2.24) is 14.6 Å². The quantitative estimate of drug-likeness (QED) is 0.763. The van der Waals surface area contributed by atoms with Crippen molar-refractivity contribution >= 4 is 27.3 Å². The Balaban J connectivity index is 2.95. The molecule has 0 aliphatic rings. The predicted molar refractivity (Wildman–Crippen MR) is 54.6 cm³/mol. The topological polar surface area (TPSA) is 56.2 Å². The van der Waals surface area contributed by atoms with Crippen LogP contribution in [0.3, 0.4) is 0 Å². The van der Waals surface area contributed by atoms with Crippen molar-refractivity contribution in [2.24, 2.45) is 0 Å². The molecule has 68 valence electrons. The van der Waals surface area contributed by atoms with E-state index in [0.717, 1.165) is 16.0 Å². The van der Waals surface area contributed by atoms with Gasteiger partial charge in [-0.3, -0.25) is 0 Å². The summed E-state index contributed by atoms with van der Waals surface area (Å²) in [6.07, 6.45) is 0. The van der Waals surface area contributed by atoms with Gasteiger partial charge in [-0.1, -0.05) is 0 Å². The second-order valence-electron chi connectivity index (χ2n) is 2.94. The summed E-state index contributed by atoms with van der Waals surface area (Å²) in [6.45, 7) is 3.81.